The second-order valence-electron chi connectivity index (χ2n) is 6.93. The molecule has 3 N–H and O–H groups in total. The van der Waals surface area contributed by atoms with Crippen molar-refractivity contribution in [2.45, 2.75) is 32.4 Å². The second-order valence-corrected chi connectivity index (χ2v) is 6.93. The van der Waals surface area contributed by atoms with E-state index in [2.05, 4.69) is 15.6 Å². The molecule has 1 aliphatic heterocycles. The van der Waals surface area contributed by atoms with E-state index in [-0.39, 0.29) is 42.0 Å². The fourth-order valence-corrected chi connectivity index (χ4v) is 3.26. The maximum atomic E-state index is 13.8. The van der Waals surface area contributed by atoms with Crippen molar-refractivity contribution >= 4 is 41.5 Å². The molecular formula is C22H28FIN4O2. The maximum Gasteiger partial charge on any atom is 0.227 e. The largest absolute Gasteiger partial charge is 0.386 e. The van der Waals surface area contributed by atoms with Crippen LogP contribution in [0, 0.1) is 5.82 Å². The Bertz CT molecular complexity index is 860. The van der Waals surface area contributed by atoms with Crippen LogP contribution in [-0.2, 0) is 11.3 Å². The van der Waals surface area contributed by atoms with Crippen molar-refractivity contribution in [2.75, 3.05) is 24.5 Å². The Balaban J connectivity index is 0.00000320. The molecule has 1 saturated heterocycles. The van der Waals surface area contributed by atoms with Gasteiger partial charge in [0.2, 0.25) is 5.91 Å². The zero-order valence-corrected chi connectivity index (χ0v) is 19.3. The third kappa shape index (κ3) is 6.40. The van der Waals surface area contributed by atoms with Gasteiger partial charge >= 0.3 is 0 Å². The number of carbonyl (C=O) groups is 1. The van der Waals surface area contributed by atoms with E-state index in [9.17, 15) is 14.3 Å². The first-order chi connectivity index (χ1) is 14.1. The van der Waals surface area contributed by atoms with E-state index in [4.69, 9.17) is 0 Å². The molecule has 6 nitrogen and oxygen atoms in total. The van der Waals surface area contributed by atoms with Crippen molar-refractivity contribution in [3.05, 3.63) is 65.5 Å². The molecule has 2 aromatic carbocycles. The number of carbonyl (C=O) groups excluding carboxylic acids is 1. The van der Waals surface area contributed by atoms with Crippen molar-refractivity contribution < 1.29 is 14.3 Å². The quantitative estimate of drug-likeness (QED) is 0.294. The summed E-state index contributed by atoms with van der Waals surface area (Å²) < 4.78 is 13.8. The van der Waals surface area contributed by atoms with Gasteiger partial charge in [-0.15, -0.1) is 24.0 Å². The number of hydrogen-bond acceptors (Lipinski definition) is 3. The van der Waals surface area contributed by atoms with Crippen molar-refractivity contribution in [1.29, 1.82) is 0 Å². The highest BCUT2D eigenvalue weighted by Crippen LogP contribution is 2.21. The van der Waals surface area contributed by atoms with Crippen LogP contribution in [0.5, 0.6) is 0 Å². The van der Waals surface area contributed by atoms with Crippen LogP contribution in [0.2, 0.25) is 0 Å². The number of aliphatic hydroxyl groups is 1. The summed E-state index contributed by atoms with van der Waals surface area (Å²) in [5.74, 6) is 0.282. The Morgan fingerprint density at radius 2 is 1.93 bits per heavy atom. The molecule has 1 fully saturated rings. The monoisotopic (exact) mass is 526 g/mol. The highest BCUT2D eigenvalue weighted by molar-refractivity contribution is 14.0. The van der Waals surface area contributed by atoms with Crippen LogP contribution < -0.4 is 15.5 Å². The molecule has 0 aliphatic carbocycles. The average Bonchev–Trinajstić information content (AvgIpc) is 3.16. The molecule has 0 saturated carbocycles. The molecular weight excluding hydrogens is 498 g/mol. The number of anilines is 1. The molecule has 3 rings (SSSR count). The Kier molecular flexibility index (Phi) is 9.51. The number of aliphatic imine (C=N–C) groups is 1. The molecule has 8 heteroatoms. The fourth-order valence-electron chi connectivity index (χ4n) is 3.26. The summed E-state index contributed by atoms with van der Waals surface area (Å²) in [6.07, 6.45) is 0.543. The topological polar surface area (TPSA) is 77.0 Å². The van der Waals surface area contributed by atoms with Crippen LogP contribution >= 0.6 is 24.0 Å². The van der Waals surface area contributed by atoms with Gasteiger partial charge in [0, 0.05) is 37.3 Å². The van der Waals surface area contributed by atoms with E-state index < -0.39 is 11.9 Å². The molecule has 2 aromatic rings. The van der Waals surface area contributed by atoms with E-state index in [1.165, 1.54) is 6.07 Å². The van der Waals surface area contributed by atoms with E-state index in [0.717, 1.165) is 24.2 Å². The minimum absolute atomic E-state index is 0. The number of rotatable bonds is 7. The number of amides is 1. The highest BCUT2D eigenvalue weighted by Gasteiger charge is 2.21. The number of guanidine groups is 1. The van der Waals surface area contributed by atoms with Crippen LogP contribution in [0.1, 0.15) is 37.0 Å². The van der Waals surface area contributed by atoms with Crippen LogP contribution in [0.15, 0.2) is 53.5 Å². The molecule has 162 valence electrons. The lowest BCUT2D eigenvalue weighted by Gasteiger charge is -2.17. The molecule has 0 aromatic heterocycles. The Morgan fingerprint density at radius 1 is 1.20 bits per heavy atom. The summed E-state index contributed by atoms with van der Waals surface area (Å²) in [6, 6.07) is 14.0. The zero-order chi connectivity index (χ0) is 20.6. The molecule has 0 spiro atoms. The third-order valence-corrected chi connectivity index (χ3v) is 4.81. The lowest BCUT2D eigenvalue weighted by molar-refractivity contribution is -0.117. The van der Waals surface area contributed by atoms with Crippen LogP contribution in [0.25, 0.3) is 0 Å². The maximum absolute atomic E-state index is 13.8. The van der Waals surface area contributed by atoms with E-state index in [0.29, 0.717) is 25.5 Å². The molecule has 1 amide bonds. The van der Waals surface area contributed by atoms with E-state index in [1.807, 2.05) is 36.1 Å². The van der Waals surface area contributed by atoms with Gasteiger partial charge in [-0.3, -0.25) is 4.79 Å². The number of aliphatic hydroxyl groups excluding tert-OH is 1. The summed E-state index contributed by atoms with van der Waals surface area (Å²) >= 11 is 0. The Morgan fingerprint density at radius 3 is 2.57 bits per heavy atom. The van der Waals surface area contributed by atoms with Crippen LogP contribution in [0.3, 0.4) is 0 Å². The van der Waals surface area contributed by atoms with Crippen LogP contribution in [0.4, 0.5) is 10.1 Å². The van der Waals surface area contributed by atoms with Crippen molar-refractivity contribution in [3.63, 3.8) is 0 Å². The van der Waals surface area contributed by atoms with Gasteiger partial charge in [0.25, 0.3) is 0 Å². The minimum atomic E-state index is -0.975. The standard InChI is InChI=1S/C22H27FN4O2.HI/c1-2-24-22(26-15-20(28)18-6-3-4-7-19(18)23)25-14-16-9-11-17(12-10-16)27-13-5-8-21(27)29;/h3-4,6-7,9-12,20,28H,2,5,8,13-15H2,1H3,(H2,24,25,26);1H. The van der Waals surface area contributed by atoms with E-state index >= 15 is 0 Å². The summed E-state index contributed by atoms with van der Waals surface area (Å²) in [6.45, 7) is 3.97. The lowest BCUT2D eigenvalue weighted by Crippen LogP contribution is -2.39. The van der Waals surface area contributed by atoms with Crippen LogP contribution in [-0.4, -0.2) is 36.6 Å². The molecule has 0 bridgehead atoms. The first-order valence-corrected chi connectivity index (χ1v) is 9.92. The molecule has 1 heterocycles. The van der Waals surface area contributed by atoms with E-state index in [1.54, 1.807) is 18.2 Å². The van der Waals surface area contributed by atoms with Gasteiger partial charge < -0.3 is 20.6 Å². The fraction of sp³-hybridized carbons (Fsp3) is 0.364. The molecule has 1 atom stereocenters. The average molecular weight is 526 g/mol. The predicted octanol–water partition coefficient (Wildman–Crippen LogP) is 3.36. The number of nitrogens with zero attached hydrogens (tertiary/aromatic N) is 2. The number of halogens is 2. The number of nitrogens with one attached hydrogen (secondary N) is 2. The smallest absolute Gasteiger partial charge is 0.227 e. The molecule has 1 unspecified atom stereocenters. The van der Waals surface area contributed by atoms with Crippen molar-refractivity contribution in [3.8, 4) is 0 Å². The predicted molar refractivity (Wildman–Crippen MR) is 128 cm³/mol. The molecule has 30 heavy (non-hydrogen) atoms. The lowest BCUT2D eigenvalue weighted by atomic mass is 10.1. The Hall–Kier alpha value is -2.20. The van der Waals surface area contributed by atoms with Gasteiger partial charge in [-0.2, -0.15) is 0 Å². The van der Waals surface area contributed by atoms with Crippen molar-refractivity contribution in [2.24, 2.45) is 4.99 Å². The van der Waals surface area contributed by atoms with Gasteiger partial charge in [-0.1, -0.05) is 30.3 Å². The zero-order valence-electron chi connectivity index (χ0n) is 17.0. The Labute approximate surface area is 193 Å². The molecule has 0 radical (unpaired) electrons. The van der Waals surface area contributed by atoms with Gasteiger partial charge in [0.05, 0.1) is 12.6 Å². The van der Waals surface area contributed by atoms with Gasteiger partial charge in [-0.25, -0.2) is 9.38 Å². The highest BCUT2D eigenvalue weighted by atomic mass is 127. The second kappa shape index (κ2) is 11.8. The summed E-state index contributed by atoms with van der Waals surface area (Å²) in [7, 11) is 0. The first-order valence-electron chi connectivity index (χ1n) is 9.92. The van der Waals surface area contributed by atoms with Gasteiger partial charge in [-0.05, 0) is 37.1 Å². The van der Waals surface area contributed by atoms with Crippen molar-refractivity contribution in [1.82, 2.24) is 10.6 Å². The summed E-state index contributed by atoms with van der Waals surface area (Å²) in [4.78, 5) is 18.2. The third-order valence-electron chi connectivity index (χ3n) is 4.81. The normalized spacial score (nSPS) is 15.0. The van der Waals surface area contributed by atoms with Gasteiger partial charge in [0.1, 0.15) is 5.82 Å². The number of hydrogen-bond donors (Lipinski definition) is 3. The van der Waals surface area contributed by atoms with Gasteiger partial charge in [0.15, 0.2) is 5.96 Å². The SMILES string of the molecule is CCNC(=NCc1ccc(N2CCCC2=O)cc1)NCC(O)c1ccccc1F.I. The summed E-state index contributed by atoms with van der Waals surface area (Å²) in [5.41, 5.74) is 2.17. The first kappa shape index (κ1) is 24.1. The minimum Gasteiger partial charge on any atom is -0.386 e. The number of benzene rings is 2. The summed E-state index contributed by atoms with van der Waals surface area (Å²) in [5, 5.41) is 16.4. The molecule has 1 aliphatic rings.